The second kappa shape index (κ2) is 7.22. The van der Waals surface area contributed by atoms with Crippen molar-refractivity contribution in [3.63, 3.8) is 0 Å². The van der Waals surface area contributed by atoms with E-state index in [4.69, 9.17) is 0 Å². The monoisotopic (exact) mass is 289 g/mol. The van der Waals surface area contributed by atoms with Gasteiger partial charge in [-0.15, -0.1) is 0 Å². The molecule has 21 heavy (non-hydrogen) atoms. The first kappa shape index (κ1) is 15.5. The van der Waals surface area contributed by atoms with Crippen LogP contribution in [0.2, 0.25) is 0 Å². The van der Waals surface area contributed by atoms with Crippen LogP contribution >= 0.6 is 0 Å². The van der Waals surface area contributed by atoms with Crippen LogP contribution in [0.15, 0.2) is 24.3 Å². The van der Waals surface area contributed by atoms with Gasteiger partial charge in [0.25, 0.3) is 0 Å². The Morgan fingerprint density at radius 1 is 1.24 bits per heavy atom. The van der Waals surface area contributed by atoms with E-state index in [1.54, 1.807) is 19.0 Å². The molecule has 0 radical (unpaired) electrons. The fourth-order valence-electron chi connectivity index (χ4n) is 2.34. The zero-order valence-electron chi connectivity index (χ0n) is 12.7. The van der Waals surface area contributed by atoms with Crippen LogP contribution in [-0.4, -0.2) is 43.4 Å². The number of nitrogens with one attached hydrogen (secondary N) is 2. The van der Waals surface area contributed by atoms with Crippen molar-refractivity contribution in [2.75, 3.05) is 26.0 Å². The second-order valence-corrected chi connectivity index (χ2v) is 5.65. The molecule has 1 fully saturated rings. The minimum absolute atomic E-state index is 0.0202. The number of anilines is 1. The lowest BCUT2D eigenvalue weighted by Crippen LogP contribution is -2.43. The molecule has 1 saturated heterocycles. The van der Waals surface area contributed by atoms with Gasteiger partial charge in [0.05, 0.1) is 12.5 Å². The lowest BCUT2D eigenvalue weighted by Gasteiger charge is -2.22. The summed E-state index contributed by atoms with van der Waals surface area (Å²) in [6.07, 6.45) is 3.50. The molecule has 0 spiro atoms. The van der Waals surface area contributed by atoms with E-state index >= 15 is 0 Å². The quantitative estimate of drug-likeness (QED) is 0.881. The van der Waals surface area contributed by atoms with Crippen LogP contribution in [0.25, 0.3) is 0 Å². The van der Waals surface area contributed by atoms with Crippen LogP contribution in [0.3, 0.4) is 0 Å². The number of carbonyl (C=O) groups is 2. The van der Waals surface area contributed by atoms with E-state index in [0.29, 0.717) is 6.42 Å². The van der Waals surface area contributed by atoms with Crippen molar-refractivity contribution >= 4 is 17.5 Å². The molecule has 0 bridgehead atoms. The van der Waals surface area contributed by atoms with E-state index in [0.717, 1.165) is 37.1 Å². The average molecular weight is 289 g/mol. The molecule has 1 atom stereocenters. The van der Waals surface area contributed by atoms with Crippen LogP contribution in [0.5, 0.6) is 0 Å². The number of benzene rings is 1. The molecule has 0 aromatic heterocycles. The Morgan fingerprint density at radius 2 is 1.95 bits per heavy atom. The van der Waals surface area contributed by atoms with Gasteiger partial charge in [0.2, 0.25) is 11.8 Å². The van der Waals surface area contributed by atoms with E-state index in [1.165, 1.54) is 0 Å². The number of rotatable bonds is 4. The van der Waals surface area contributed by atoms with Gasteiger partial charge in [0, 0.05) is 19.8 Å². The van der Waals surface area contributed by atoms with Crippen molar-refractivity contribution in [2.24, 2.45) is 0 Å². The van der Waals surface area contributed by atoms with Crippen LogP contribution in [-0.2, 0) is 16.0 Å². The number of piperidine rings is 1. The molecule has 1 aromatic carbocycles. The maximum atomic E-state index is 12.1. The normalized spacial score (nSPS) is 18.1. The predicted octanol–water partition coefficient (Wildman–Crippen LogP) is 1.40. The average Bonchev–Trinajstić information content (AvgIpc) is 2.50. The highest BCUT2D eigenvalue weighted by Gasteiger charge is 2.20. The maximum absolute atomic E-state index is 12.1. The van der Waals surface area contributed by atoms with Gasteiger partial charge in [0.1, 0.15) is 0 Å². The van der Waals surface area contributed by atoms with Crippen LogP contribution in [0.1, 0.15) is 24.8 Å². The zero-order valence-corrected chi connectivity index (χ0v) is 12.7. The lowest BCUT2D eigenvalue weighted by molar-refractivity contribution is -0.128. The summed E-state index contributed by atoms with van der Waals surface area (Å²) in [5, 5.41) is 6.14. The molecule has 0 saturated carbocycles. The summed E-state index contributed by atoms with van der Waals surface area (Å²) in [5.41, 5.74) is 1.72. The van der Waals surface area contributed by atoms with Gasteiger partial charge in [-0.25, -0.2) is 0 Å². The molecule has 5 heteroatoms. The molecule has 1 aromatic rings. The van der Waals surface area contributed by atoms with E-state index in [9.17, 15) is 9.59 Å². The van der Waals surface area contributed by atoms with Crippen LogP contribution < -0.4 is 10.6 Å². The van der Waals surface area contributed by atoms with Gasteiger partial charge in [-0.3, -0.25) is 9.59 Å². The molecule has 0 aliphatic carbocycles. The van der Waals surface area contributed by atoms with Gasteiger partial charge in [-0.2, -0.15) is 0 Å². The maximum Gasteiger partial charge on any atom is 0.241 e. The van der Waals surface area contributed by atoms with Gasteiger partial charge < -0.3 is 15.5 Å². The summed E-state index contributed by atoms with van der Waals surface area (Å²) in [6, 6.07) is 7.36. The minimum Gasteiger partial charge on any atom is -0.349 e. The van der Waals surface area contributed by atoms with Crippen molar-refractivity contribution in [2.45, 2.75) is 31.7 Å². The Hall–Kier alpha value is -1.88. The third-order valence-electron chi connectivity index (χ3n) is 3.70. The summed E-state index contributed by atoms with van der Waals surface area (Å²) in [5.74, 6) is 0.0880. The highest BCUT2D eigenvalue weighted by molar-refractivity contribution is 5.94. The zero-order chi connectivity index (χ0) is 15.2. The number of hydrogen-bond donors (Lipinski definition) is 2. The van der Waals surface area contributed by atoms with Crippen LogP contribution in [0.4, 0.5) is 5.69 Å². The van der Waals surface area contributed by atoms with Crippen LogP contribution in [0, 0.1) is 0 Å². The Labute approximate surface area is 125 Å². The molecule has 1 aliphatic heterocycles. The number of hydrogen-bond acceptors (Lipinski definition) is 3. The van der Waals surface area contributed by atoms with Crippen molar-refractivity contribution in [3.8, 4) is 0 Å². The number of amides is 2. The summed E-state index contributed by atoms with van der Waals surface area (Å²) in [4.78, 5) is 25.3. The molecule has 2 amide bonds. The Bertz CT molecular complexity index is 491. The topological polar surface area (TPSA) is 61.4 Å². The van der Waals surface area contributed by atoms with E-state index in [2.05, 4.69) is 10.6 Å². The summed E-state index contributed by atoms with van der Waals surface area (Å²) in [6.45, 7) is 0.906. The fourth-order valence-corrected chi connectivity index (χ4v) is 2.34. The Kier molecular flexibility index (Phi) is 5.33. The van der Waals surface area contributed by atoms with Crippen molar-refractivity contribution in [1.82, 2.24) is 10.2 Å². The second-order valence-electron chi connectivity index (χ2n) is 5.65. The molecular formula is C16H23N3O2. The largest absolute Gasteiger partial charge is 0.349 e. The molecule has 5 nitrogen and oxygen atoms in total. The first-order chi connectivity index (χ1) is 10.1. The first-order valence-corrected chi connectivity index (χ1v) is 7.39. The smallest absolute Gasteiger partial charge is 0.241 e. The summed E-state index contributed by atoms with van der Waals surface area (Å²) in [7, 11) is 3.49. The van der Waals surface area contributed by atoms with Gasteiger partial charge in [-0.1, -0.05) is 18.6 Å². The molecule has 114 valence electrons. The van der Waals surface area contributed by atoms with E-state index in [-0.39, 0.29) is 17.9 Å². The molecular weight excluding hydrogens is 266 g/mol. The Balaban J connectivity index is 1.89. The SMILES string of the molecule is CN(C)C(=O)Cc1ccc(NC(=O)[C@H]2CCCCN2)cc1. The van der Waals surface area contributed by atoms with E-state index < -0.39 is 0 Å². The van der Waals surface area contributed by atoms with Gasteiger partial charge in [-0.05, 0) is 37.1 Å². The molecule has 2 N–H and O–H groups in total. The lowest BCUT2D eigenvalue weighted by atomic mass is 10.0. The summed E-state index contributed by atoms with van der Waals surface area (Å²) >= 11 is 0. The standard InChI is InChI=1S/C16H23N3O2/c1-19(2)15(20)11-12-6-8-13(9-7-12)18-16(21)14-5-3-4-10-17-14/h6-9,14,17H,3-5,10-11H2,1-2H3,(H,18,21)/t14-/m1/s1. The molecule has 0 unspecified atom stereocenters. The highest BCUT2D eigenvalue weighted by Crippen LogP contribution is 2.13. The van der Waals surface area contributed by atoms with Crippen molar-refractivity contribution < 1.29 is 9.59 Å². The predicted molar refractivity (Wildman–Crippen MR) is 83.1 cm³/mol. The molecule has 1 heterocycles. The summed E-state index contributed by atoms with van der Waals surface area (Å²) < 4.78 is 0. The molecule has 1 aliphatic rings. The molecule has 2 rings (SSSR count). The third kappa shape index (κ3) is 4.56. The number of likely N-dealkylation sites (N-methyl/N-ethyl adjacent to an activating group) is 1. The van der Waals surface area contributed by atoms with Crippen molar-refractivity contribution in [1.29, 1.82) is 0 Å². The third-order valence-corrected chi connectivity index (χ3v) is 3.70. The Morgan fingerprint density at radius 3 is 2.52 bits per heavy atom. The highest BCUT2D eigenvalue weighted by atomic mass is 16.2. The minimum atomic E-state index is -0.0891. The first-order valence-electron chi connectivity index (χ1n) is 7.39. The fraction of sp³-hybridized carbons (Fsp3) is 0.500. The van der Waals surface area contributed by atoms with Crippen molar-refractivity contribution in [3.05, 3.63) is 29.8 Å². The van der Waals surface area contributed by atoms with E-state index in [1.807, 2.05) is 24.3 Å². The van der Waals surface area contributed by atoms with Gasteiger partial charge in [0.15, 0.2) is 0 Å². The van der Waals surface area contributed by atoms with Gasteiger partial charge >= 0.3 is 0 Å². The number of carbonyl (C=O) groups excluding carboxylic acids is 2. The number of nitrogens with zero attached hydrogens (tertiary/aromatic N) is 1.